The van der Waals surface area contributed by atoms with Crippen molar-refractivity contribution in [3.05, 3.63) is 48.0 Å². The van der Waals surface area contributed by atoms with Crippen molar-refractivity contribution in [3.63, 3.8) is 0 Å². The number of alkyl carbamates (subject to hydrolysis) is 1. The first kappa shape index (κ1) is 16.9. The molecule has 0 fully saturated rings. The summed E-state index contributed by atoms with van der Waals surface area (Å²) in [7, 11) is 0. The third-order valence-corrected chi connectivity index (χ3v) is 3.18. The van der Waals surface area contributed by atoms with Gasteiger partial charge < -0.3 is 15.8 Å². The molecule has 0 bridgehead atoms. The Morgan fingerprint density at radius 1 is 1.17 bits per heavy atom. The molecular weight excluding hydrogens is 288 g/mol. The molecule has 0 unspecified atom stereocenters. The number of carbonyl (C=O) groups is 1. The van der Waals surface area contributed by atoms with Gasteiger partial charge in [0, 0.05) is 12.2 Å². The van der Waals surface area contributed by atoms with Crippen LogP contribution in [0.2, 0.25) is 0 Å². The van der Waals surface area contributed by atoms with Crippen LogP contribution in [0.3, 0.4) is 0 Å². The first-order chi connectivity index (χ1) is 10.8. The Morgan fingerprint density at radius 2 is 1.87 bits per heavy atom. The summed E-state index contributed by atoms with van der Waals surface area (Å²) in [6.07, 6.45) is 4.45. The number of amides is 1. The standard InChI is InChI=1S/C19H24N2O2/c1-19(2,3)23-18(22)21-11-5-4-6-14-7-8-16-13-17(20)10-9-15(16)12-14/h4,6-10,12-13H,5,11,20H2,1-3H3,(H,21,22). The van der Waals surface area contributed by atoms with Crippen LogP contribution in [0.4, 0.5) is 10.5 Å². The summed E-state index contributed by atoms with van der Waals surface area (Å²) in [5.74, 6) is 0. The molecule has 3 N–H and O–H groups in total. The molecule has 2 aromatic carbocycles. The van der Waals surface area contributed by atoms with Crippen molar-refractivity contribution in [1.82, 2.24) is 5.32 Å². The van der Waals surface area contributed by atoms with E-state index in [-0.39, 0.29) is 6.09 Å². The molecule has 0 atom stereocenters. The first-order valence-electron chi connectivity index (χ1n) is 7.76. The maximum atomic E-state index is 11.5. The molecule has 0 spiro atoms. The highest BCUT2D eigenvalue weighted by atomic mass is 16.6. The molecule has 4 nitrogen and oxygen atoms in total. The second-order valence-electron chi connectivity index (χ2n) is 6.49. The van der Waals surface area contributed by atoms with E-state index in [0.29, 0.717) is 6.54 Å². The van der Waals surface area contributed by atoms with Crippen LogP contribution in [-0.2, 0) is 4.74 Å². The van der Waals surface area contributed by atoms with Gasteiger partial charge in [-0.1, -0.05) is 30.4 Å². The molecule has 0 saturated heterocycles. The predicted octanol–water partition coefficient (Wildman–Crippen LogP) is 4.35. The first-order valence-corrected chi connectivity index (χ1v) is 7.76. The van der Waals surface area contributed by atoms with E-state index in [9.17, 15) is 4.79 Å². The van der Waals surface area contributed by atoms with Gasteiger partial charge in [0.15, 0.2) is 0 Å². The van der Waals surface area contributed by atoms with Gasteiger partial charge in [-0.15, -0.1) is 0 Å². The average Bonchev–Trinajstić information content (AvgIpc) is 2.45. The SMILES string of the molecule is CC(C)(C)OC(=O)NCCC=Cc1ccc2cc(N)ccc2c1. The predicted molar refractivity (Wildman–Crippen MR) is 96.2 cm³/mol. The summed E-state index contributed by atoms with van der Waals surface area (Å²) < 4.78 is 5.18. The number of benzene rings is 2. The number of anilines is 1. The van der Waals surface area contributed by atoms with E-state index in [1.165, 1.54) is 0 Å². The van der Waals surface area contributed by atoms with Gasteiger partial charge in [-0.25, -0.2) is 4.79 Å². The number of ether oxygens (including phenoxy) is 1. The normalized spacial score (nSPS) is 11.8. The monoisotopic (exact) mass is 312 g/mol. The van der Waals surface area contributed by atoms with Gasteiger partial charge in [0.2, 0.25) is 0 Å². The maximum absolute atomic E-state index is 11.5. The van der Waals surface area contributed by atoms with Crippen LogP contribution in [0.15, 0.2) is 42.5 Å². The summed E-state index contributed by atoms with van der Waals surface area (Å²) in [6.45, 7) is 6.09. The summed E-state index contributed by atoms with van der Waals surface area (Å²) in [6, 6.07) is 12.1. The van der Waals surface area contributed by atoms with Gasteiger partial charge in [-0.2, -0.15) is 0 Å². The number of nitrogens with one attached hydrogen (secondary N) is 1. The minimum atomic E-state index is -0.464. The zero-order valence-corrected chi connectivity index (χ0v) is 13.9. The highest BCUT2D eigenvalue weighted by Gasteiger charge is 2.15. The van der Waals surface area contributed by atoms with Crippen LogP contribution < -0.4 is 11.1 Å². The van der Waals surface area contributed by atoms with E-state index in [1.54, 1.807) is 0 Å². The second kappa shape index (κ2) is 7.18. The van der Waals surface area contributed by atoms with Crippen LogP contribution in [0, 0.1) is 0 Å². The molecular formula is C19H24N2O2. The Hall–Kier alpha value is -2.49. The molecule has 0 aliphatic carbocycles. The Balaban J connectivity index is 1.84. The van der Waals surface area contributed by atoms with Crippen molar-refractivity contribution >= 4 is 28.6 Å². The van der Waals surface area contributed by atoms with Crippen molar-refractivity contribution in [2.24, 2.45) is 0 Å². The van der Waals surface area contributed by atoms with Crippen LogP contribution in [0.5, 0.6) is 0 Å². The largest absolute Gasteiger partial charge is 0.444 e. The van der Waals surface area contributed by atoms with Crippen LogP contribution in [0.1, 0.15) is 32.8 Å². The van der Waals surface area contributed by atoms with Gasteiger partial charge in [0.25, 0.3) is 0 Å². The highest BCUT2D eigenvalue weighted by molar-refractivity contribution is 5.87. The fourth-order valence-corrected chi connectivity index (χ4v) is 2.18. The van der Waals surface area contributed by atoms with E-state index in [0.717, 1.165) is 28.4 Å². The Labute approximate surface area is 137 Å². The molecule has 0 saturated carbocycles. The molecule has 0 aromatic heterocycles. The highest BCUT2D eigenvalue weighted by Crippen LogP contribution is 2.19. The van der Waals surface area contributed by atoms with Gasteiger partial charge >= 0.3 is 6.09 Å². The number of nitrogens with two attached hydrogens (primary N) is 1. The molecule has 23 heavy (non-hydrogen) atoms. The average molecular weight is 312 g/mol. The molecule has 2 rings (SSSR count). The smallest absolute Gasteiger partial charge is 0.407 e. The number of fused-ring (bicyclic) bond motifs is 1. The summed E-state index contributed by atoms with van der Waals surface area (Å²) in [5.41, 5.74) is 7.21. The van der Waals surface area contributed by atoms with Gasteiger partial charge in [-0.3, -0.25) is 0 Å². The summed E-state index contributed by atoms with van der Waals surface area (Å²) in [5, 5.41) is 5.03. The van der Waals surface area contributed by atoms with Crippen LogP contribution in [-0.4, -0.2) is 18.2 Å². The number of carbonyl (C=O) groups excluding carboxylic acids is 1. The van der Waals surface area contributed by atoms with E-state index >= 15 is 0 Å². The third-order valence-electron chi connectivity index (χ3n) is 3.18. The molecule has 2 aromatic rings. The number of rotatable bonds is 4. The fraction of sp³-hybridized carbons (Fsp3) is 0.316. The van der Waals surface area contributed by atoms with Crippen molar-refractivity contribution < 1.29 is 9.53 Å². The minimum Gasteiger partial charge on any atom is -0.444 e. The Morgan fingerprint density at radius 3 is 2.61 bits per heavy atom. The van der Waals surface area contributed by atoms with Crippen LogP contribution in [0.25, 0.3) is 16.8 Å². The number of hydrogen-bond acceptors (Lipinski definition) is 3. The van der Waals surface area contributed by atoms with Crippen LogP contribution >= 0.6 is 0 Å². The van der Waals surface area contributed by atoms with Crippen molar-refractivity contribution in [3.8, 4) is 0 Å². The lowest BCUT2D eigenvalue weighted by Gasteiger charge is -2.19. The molecule has 1 amide bonds. The van der Waals surface area contributed by atoms with E-state index in [2.05, 4.69) is 23.5 Å². The van der Waals surface area contributed by atoms with Gasteiger partial charge in [0.1, 0.15) is 5.60 Å². The number of nitrogen functional groups attached to an aromatic ring is 1. The van der Waals surface area contributed by atoms with Gasteiger partial charge in [0.05, 0.1) is 0 Å². The molecule has 0 aliphatic heterocycles. The van der Waals surface area contributed by atoms with E-state index < -0.39 is 5.60 Å². The van der Waals surface area contributed by atoms with Crippen molar-refractivity contribution in [2.45, 2.75) is 32.8 Å². The maximum Gasteiger partial charge on any atom is 0.407 e. The molecule has 0 heterocycles. The van der Waals surface area contributed by atoms with Crippen molar-refractivity contribution in [1.29, 1.82) is 0 Å². The zero-order chi connectivity index (χ0) is 16.9. The van der Waals surface area contributed by atoms with Gasteiger partial charge in [-0.05, 0) is 61.7 Å². The summed E-state index contributed by atoms with van der Waals surface area (Å²) >= 11 is 0. The quantitative estimate of drug-likeness (QED) is 0.651. The second-order valence-corrected chi connectivity index (χ2v) is 6.49. The van der Waals surface area contributed by atoms with Crippen molar-refractivity contribution in [2.75, 3.05) is 12.3 Å². The topological polar surface area (TPSA) is 64.3 Å². The van der Waals surface area contributed by atoms with E-state index in [4.69, 9.17) is 10.5 Å². The van der Waals surface area contributed by atoms with E-state index in [1.807, 2.05) is 51.1 Å². The zero-order valence-electron chi connectivity index (χ0n) is 13.9. The lowest BCUT2D eigenvalue weighted by atomic mass is 10.1. The fourth-order valence-electron chi connectivity index (χ4n) is 2.18. The molecule has 0 radical (unpaired) electrons. The summed E-state index contributed by atoms with van der Waals surface area (Å²) in [4.78, 5) is 11.5. The molecule has 4 heteroatoms. The molecule has 0 aliphatic rings. The Kier molecular flexibility index (Phi) is 5.27. The third kappa shape index (κ3) is 5.66. The minimum absolute atomic E-state index is 0.380. The lowest BCUT2D eigenvalue weighted by molar-refractivity contribution is 0.0529. The lowest BCUT2D eigenvalue weighted by Crippen LogP contribution is -2.32. The Bertz CT molecular complexity index is 715. The number of hydrogen-bond donors (Lipinski definition) is 2. The molecule has 122 valence electrons.